The topological polar surface area (TPSA) is 117 Å². The van der Waals surface area contributed by atoms with Crippen molar-refractivity contribution in [2.24, 2.45) is 11.5 Å². The Kier molecular flexibility index (Phi) is 6.14. The highest BCUT2D eigenvalue weighted by Crippen LogP contribution is 2.05. The van der Waals surface area contributed by atoms with Gasteiger partial charge in [-0.1, -0.05) is 18.2 Å². The summed E-state index contributed by atoms with van der Waals surface area (Å²) in [4.78, 5) is 10.9. The predicted molar refractivity (Wildman–Crippen MR) is 76.4 cm³/mol. The third kappa shape index (κ3) is 6.42. The van der Waals surface area contributed by atoms with Crippen LogP contribution in [0.15, 0.2) is 61.2 Å². The largest absolute Gasteiger partial charge is 0.370 e. The first-order valence-electron chi connectivity index (χ1n) is 5.52. The van der Waals surface area contributed by atoms with E-state index in [0.29, 0.717) is 0 Å². The molecule has 98 valence electrons. The molecule has 3 rings (SSSR count). The number of rotatable bonds is 0. The Morgan fingerprint density at radius 2 is 1.63 bits per heavy atom. The lowest BCUT2D eigenvalue weighted by atomic mass is 10.3. The Morgan fingerprint density at radius 3 is 2.11 bits per heavy atom. The molecular weight excluding hydrogens is 240 g/mol. The quantitative estimate of drug-likeness (QED) is 0.360. The normalized spacial score (nSPS) is 8.63. The van der Waals surface area contributed by atoms with Crippen LogP contribution in [0.4, 0.5) is 0 Å². The van der Waals surface area contributed by atoms with E-state index in [9.17, 15) is 0 Å². The molecule has 1 aromatic carbocycles. The Balaban J connectivity index is 0.000000158. The average Bonchev–Trinajstić information content (AvgIpc) is 2.89. The van der Waals surface area contributed by atoms with Crippen molar-refractivity contribution in [2.45, 2.75) is 0 Å². The smallest absolute Gasteiger partial charge is 0.183 e. The summed E-state index contributed by atoms with van der Waals surface area (Å²) in [5.41, 5.74) is 11.1. The number of guanidine groups is 1. The molecule has 0 atom stereocenters. The van der Waals surface area contributed by atoms with E-state index in [4.69, 9.17) is 5.41 Å². The standard InChI is InChI=1S/C7H6N2.C5H5N.CH5N3/c1-2-4-7-6(3-1)8-5-9-7;1-2-4-6-5-3-1;2-1(3)4/h1-5H,(H,8,9);1-5H;(H5,2,3,4). The molecule has 2 heterocycles. The number of hydrogen-bond donors (Lipinski definition) is 4. The fraction of sp³-hybridized carbons (Fsp3) is 0. The number of H-pyrrole nitrogens is 1. The Hall–Kier alpha value is -2.89. The van der Waals surface area contributed by atoms with E-state index in [2.05, 4.69) is 26.4 Å². The molecule has 0 aliphatic heterocycles. The van der Waals surface area contributed by atoms with E-state index in [0.717, 1.165) is 11.0 Å². The Morgan fingerprint density at radius 1 is 1.00 bits per heavy atom. The van der Waals surface area contributed by atoms with Gasteiger partial charge >= 0.3 is 0 Å². The average molecular weight is 256 g/mol. The summed E-state index contributed by atoms with van der Waals surface area (Å²) in [5, 5.41) is 6.06. The number of hydrogen-bond acceptors (Lipinski definition) is 3. The first-order chi connectivity index (χ1) is 9.20. The number of pyridine rings is 1. The second-order valence-electron chi connectivity index (χ2n) is 3.40. The van der Waals surface area contributed by atoms with Crippen molar-refractivity contribution in [3.05, 3.63) is 61.2 Å². The van der Waals surface area contributed by atoms with Gasteiger partial charge < -0.3 is 16.5 Å². The fourth-order valence-corrected chi connectivity index (χ4v) is 1.19. The summed E-state index contributed by atoms with van der Waals surface area (Å²) in [6.07, 6.45) is 5.20. The van der Waals surface area contributed by atoms with Gasteiger partial charge in [0.2, 0.25) is 0 Å². The number of aromatic amines is 1. The van der Waals surface area contributed by atoms with Gasteiger partial charge in [0.15, 0.2) is 5.96 Å². The second-order valence-corrected chi connectivity index (χ2v) is 3.40. The molecular formula is C13H16N6. The Labute approximate surface area is 111 Å². The summed E-state index contributed by atoms with van der Waals surface area (Å²) in [7, 11) is 0. The summed E-state index contributed by atoms with van der Waals surface area (Å²) in [6, 6.07) is 13.7. The van der Waals surface area contributed by atoms with E-state index in [1.54, 1.807) is 18.7 Å². The molecule has 0 unspecified atom stereocenters. The first-order valence-corrected chi connectivity index (χ1v) is 5.52. The monoisotopic (exact) mass is 256 g/mol. The van der Waals surface area contributed by atoms with Crippen LogP contribution in [0.1, 0.15) is 0 Å². The van der Waals surface area contributed by atoms with Gasteiger partial charge in [-0.05, 0) is 24.3 Å². The zero-order valence-electron chi connectivity index (χ0n) is 10.3. The summed E-state index contributed by atoms with van der Waals surface area (Å²) in [5.74, 6) is -0.333. The Bertz CT molecular complexity index is 529. The van der Waals surface area contributed by atoms with Gasteiger partial charge in [0.1, 0.15) is 0 Å². The van der Waals surface area contributed by atoms with Crippen molar-refractivity contribution in [2.75, 3.05) is 0 Å². The molecule has 19 heavy (non-hydrogen) atoms. The second kappa shape index (κ2) is 8.24. The number of imidazole rings is 1. The zero-order valence-corrected chi connectivity index (χ0v) is 10.3. The van der Waals surface area contributed by atoms with Crippen LogP contribution in [0.2, 0.25) is 0 Å². The van der Waals surface area contributed by atoms with E-state index >= 15 is 0 Å². The minimum absolute atomic E-state index is 0.333. The molecule has 6 N–H and O–H groups in total. The van der Waals surface area contributed by atoms with E-state index in [-0.39, 0.29) is 5.96 Å². The van der Waals surface area contributed by atoms with Crippen LogP contribution in [-0.4, -0.2) is 20.9 Å². The first kappa shape index (κ1) is 14.2. The molecule has 6 heteroatoms. The number of fused-ring (bicyclic) bond motifs is 1. The van der Waals surface area contributed by atoms with Crippen LogP contribution < -0.4 is 11.5 Å². The number of aromatic nitrogens is 3. The van der Waals surface area contributed by atoms with Crippen LogP contribution >= 0.6 is 0 Å². The summed E-state index contributed by atoms with van der Waals surface area (Å²) >= 11 is 0. The maximum absolute atomic E-state index is 6.06. The van der Waals surface area contributed by atoms with Crippen molar-refractivity contribution < 1.29 is 0 Å². The van der Waals surface area contributed by atoms with Crippen LogP contribution in [0.3, 0.4) is 0 Å². The number of para-hydroxylation sites is 2. The maximum atomic E-state index is 6.06. The molecule has 0 amide bonds. The van der Waals surface area contributed by atoms with Gasteiger partial charge in [-0.15, -0.1) is 0 Å². The van der Waals surface area contributed by atoms with Gasteiger partial charge in [0.25, 0.3) is 0 Å². The SMILES string of the molecule is N=C(N)N.c1ccc2[nH]cnc2c1.c1ccncc1. The van der Waals surface area contributed by atoms with Gasteiger partial charge in [0, 0.05) is 12.4 Å². The van der Waals surface area contributed by atoms with Gasteiger partial charge in [0.05, 0.1) is 17.4 Å². The minimum Gasteiger partial charge on any atom is -0.370 e. The molecule has 6 nitrogen and oxygen atoms in total. The van der Waals surface area contributed by atoms with Gasteiger partial charge in [-0.2, -0.15) is 0 Å². The number of nitrogens with zero attached hydrogens (tertiary/aromatic N) is 2. The molecule has 0 radical (unpaired) electrons. The lowest BCUT2D eigenvalue weighted by molar-refractivity contribution is 1.33. The van der Waals surface area contributed by atoms with E-state index in [1.165, 1.54) is 0 Å². The number of nitrogens with two attached hydrogens (primary N) is 2. The van der Waals surface area contributed by atoms with Crippen LogP contribution in [0, 0.1) is 5.41 Å². The molecule has 0 aliphatic rings. The molecule has 3 aromatic rings. The van der Waals surface area contributed by atoms with Crippen molar-refractivity contribution in [3.63, 3.8) is 0 Å². The van der Waals surface area contributed by atoms with Gasteiger partial charge in [-0.25, -0.2) is 4.98 Å². The molecule has 0 fully saturated rings. The molecule has 0 saturated heterocycles. The maximum Gasteiger partial charge on any atom is 0.183 e. The number of nitrogens with one attached hydrogen (secondary N) is 2. The van der Waals surface area contributed by atoms with Crippen LogP contribution in [-0.2, 0) is 0 Å². The minimum atomic E-state index is -0.333. The van der Waals surface area contributed by atoms with E-state index in [1.807, 2.05) is 42.5 Å². The zero-order chi connectivity index (χ0) is 13.9. The predicted octanol–water partition coefficient (Wildman–Crippen LogP) is 1.48. The highest BCUT2D eigenvalue weighted by molar-refractivity contribution is 5.73. The molecule has 0 spiro atoms. The lowest BCUT2D eigenvalue weighted by Gasteiger charge is -1.81. The van der Waals surface area contributed by atoms with Crippen LogP contribution in [0.5, 0.6) is 0 Å². The van der Waals surface area contributed by atoms with Crippen molar-refractivity contribution in [3.8, 4) is 0 Å². The van der Waals surface area contributed by atoms with Crippen molar-refractivity contribution >= 4 is 17.0 Å². The molecule has 0 aliphatic carbocycles. The fourth-order valence-electron chi connectivity index (χ4n) is 1.19. The van der Waals surface area contributed by atoms with Crippen molar-refractivity contribution in [1.29, 1.82) is 5.41 Å². The van der Waals surface area contributed by atoms with Crippen molar-refractivity contribution in [1.82, 2.24) is 15.0 Å². The highest BCUT2D eigenvalue weighted by Gasteiger charge is 1.88. The number of benzene rings is 1. The third-order valence-corrected chi connectivity index (χ3v) is 1.89. The summed E-state index contributed by atoms with van der Waals surface area (Å²) in [6.45, 7) is 0. The van der Waals surface area contributed by atoms with Crippen LogP contribution in [0.25, 0.3) is 11.0 Å². The third-order valence-electron chi connectivity index (χ3n) is 1.89. The highest BCUT2D eigenvalue weighted by atomic mass is 14.9. The van der Waals surface area contributed by atoms with Gasteiger partial charge in [-0.3, -0.25) is 10.4 Å². The van der Waals surface area contributed by atoms with E-state index < -0.39 is 0 Å². The molecule has 2 aromatic heterocycles. The molecule has 0 bridgehead atoms. The molecule has 0 saturated carbocycles. The lowest BCUT2D eigenvalue weighted by Crippen LogP contribution is -2.20. The summed E-state index contributed by atoms with van der Waals surface area (Å²) < 4.78 is 0.